The minimum Gasteiger partial charge on any atom is -0.326 e. The first-order valence-electron chi connectivity index (χ1n) is 12.7. The molecule has 1 saturated carbocycles. The summed E-state index contributed by atoms with van der Waals surface area (Å²) < 4.78 is 104. The molecule has 4 rings (SSSR count). The molecule has 16 heteroatoms. The third kappa shape index (κ3) is 7.82. The maximum Gasteiger partial charge on any atom is 0.419 e. The van der Waals surface area contributed by atoms with Crippen LogP contribution >= 0.6 is 34.8 Å². The van der Waals surface area contributed by atoms with Crippen LogP contribution in [-0.2, 0) is 38.4 Å². The first-order chi connectivity index (χ1) is 20.7. The minimum absolute atomic E-state index is 0.00995. The first kappa shape index (κ1) is 34.7. The van der Waals surface area contributed by atoms with E-state index in [0.29, 0.717) is 12.1 Å². The highest BCUT2D eigenvalue weighted by Gasteiger charge is 2.67. The third-order valence-electron chi connectivity index (χ3n) is 6.94. The summed E-state index contributed by atoms with van der Waals surface area (Å²) in [7, 11) is -3.75. The Morgan fingerprint density at radius 3 is 2.20 bits per heavy atom. The van der Waals surface area contributed by atoms with Gasteiger partial charge in [0.1, 0.15) is 27.5 Å². The van der Waals surface area contributed by atoms with Gasteiger partial charge in [0.05, 0.1) is 16.5 Å². The van der Waals surface area contributed by atoms with Gasteiger partial charge in [0.2, 0.25) is 5.91 Å². The number of sulfone groups is 1. The Morgan fingerprint density at radius 2 is 1.58 bits per heavy atom. The van der Waals surface area contributed by atoms with Crippen LogP contribution in [0.3, 0.4) is 0 Å². The summed E-state index contributed by atoms with van der Waals surface area (Å²) in [4.78, 5) is 38.1. The zero-order valence-corrected chi connectivity index (χ0v) is 25.8. The van der Waals surface area contributed by atoms with Gasteiger partial charge in [-0.05, 0) is 47.5 Å². The molecule has 0 saturated heterocycles. The molecule has 0 heterocycles. The van der Waals surface area contributed by atoms with E-state index in [1.165, 1.54) is 12.1 Å². The van der Waals surface area contributed by atoms with Crippen LogP contribution in [0.1, 0.15) is 38.5 Å². The maximum atomic E-state index is 15.1. The van der Waals surface area contributed by atoms with Gasteiger partial charge in [-0.1, -0.05) is 23.7 Å². The Balaban J connectivity index is 1.52. The molecule has 1 N–H and O–H groups in total. The number of hydrogen-bond acceptors (Lipinski definition) is 5. The van der Waals surface area contributed by atoms with Crippen molar-refractivity contribution >= 4 is 67.8 Å². The van der Waals surface area contributed by atoms with Gasteiger partial charge in [-0.15, -0.1) is 23.2 Å². The number of hydrogen-bond donors (Lipinski definition) is 1. The van der Waals surface area contributed by atoms with Crippen molar-refractivity contribution in [2.75, 3.05) is 17.3 Å². The summed E-state index contributed by atoms with van der Waals surface area (Å²) in [6.45, 7) is 0. The second kappa shape index (κ2) is 12.6. The van der Waals surface area contributed by atoms with E-state index >= 15 is 4.39 Å². The molecule has 0 aromatic heterocycles. The molecule has 6 nitrogen and oxygen atoms in total. The smallest absolute Gasteiger partial charge is 0.326 e. The van der Waals surface area contributed by atoms with Crippen molar-refractivity contribution in [2.24, 2.45) is 5.92 Å². The van der Waals surface area contributed by atoms with E-state index in [1.807, 2.05) is 0 Å². The molecule has 1 fully saturated rings. The molecule has 3 aromatic carbocycles. The standard InChI is InChI=1S/C29H20Cl3F6NO5S/c1-45(43,44)12-16(40)11-18-21(33)6-3-14(26(18)35)9-23(41)17-10-15(4-5-20(17)30)39-27(42)25-24(28(25,31)32)13-2-7-22(34)19(8-13)29(36,37)38/h2-8,10,24-25H,9,11-12H2,1H3,(H,39,42). The molecule has 240 valence electrons. The molecular formula is C29H20Cl3F6NO5S. The van der Waals surface area contributed by atoms with Crippen molar-refractivity contribution in [3.63, 3.8) is 0 Å². The summed E-state index contributed by atoms with van der Waals surface area (Å²) >= 11 is 18.6. The second-order valence-corrected chi connectivity index (χ2v) is 14.4. The van der Waals surface area contributed by atoms with Crippen LogP contribution < -0.4 is 5.32 Å². The number of Topliss-reactive ketones (excluding diaryl/α,β-unsaturated/α-hetero) is 2. The fourth-order valence-corrected chi connectivity index (χ4v) is 6.55. The van der Waals surface area contributed by atoms with E-state index < -0.39 is 96.8 Å². The van der Waals surface area contributed by atoms with Crippen molar-refractivity contribution in [3.8, 4) is 0 Å². The van der Waals surface area contributed by atoms with Crippen LogP contribution in [0.2, 0.25) is 5.02 Å². The van der Waals surface area contributed by atoms with Crippen molar-refractivity contribution in [3.05, 3.63) is 98.8 Å². The largest absolute Gasteiger partial charge is 0.419 e. The lowest BCUT2D eigenvalue weighted by Crippen LogP contribution is -2.19. The lowest BCUT2D eigenvalue weighted by atomic mass is 9.98. The minimum atomic E-state index is -5.01. The molecule has 2 atom stereocenters. The number of rotatable bonds is 10. The maximum absolute atomic E-state index is 15.1. The van der Waals surface area contributed by atoms with Crippen molar-refractivity contribution < 1.29 is 49.1 Å². The van der Waals surface area contributed by atoms with E-state index in [1.54, 1.807) is 0 Å². The average Bonchev–Trinajstić information content (AvgIpc) is 3.49. The summed E-state index contributed by atoms with van der Waals surface area (Å²) in [6, 6.07) is 7.60. The van der Waals surface area contributed by atoms with E-state index in [9.17, 15) is 44.8 Å². The highest BCUT2D eigenvalue weighted by atomic mass is 35.5. The number of alkyl halides is 5. The van der Waals surface area contributed by atoms with Crippen LogP contribution in [-0.4, -0.2) is 42.2 Å². The van der Waals surface area contributed by atoms with E-state index in [-0.39, 0.29) is 27.4 Å². The second-order valence-electron chi connectivity index (χ2n) is 10.4. The quantitative estimate of drug-likeness (QED) is 0.140. The van der Waals surface area contributed by atoms with E-state index in [0.717, 1.165) is 30.5 Å². The van der Waals surface area contributed by atoms with Crippen molar-refractivity contribution in [1.82, 2.24) is 0 Å². The number of carbonyl (C=O) groups excluding carboxylic acids is 3. The molecule has 0 aliphatic heterocycles. The lowest BCUT2D eigenvalue weighted by molar-refractivity contribution is -0.140. The van der Waals surface area contributed by atoms with Gasteiger partial charge in [-0.3, -0.25) is 14.4 Å². The van der Waals surface area contributed by atoms with Crippen molar-refractivity contribution in [2.45, 2.75) is 29.3 Å². The Morgan fingerprint density at radius 1 is 0.933 bits per heavy atom. The number of carbonyl (C=O) groups is 3. The first-order valence-corrected chi connectivity index (χ1v) is 15.9. The fourth-order valence-electron chi connectivity index (χ4n) is 4.81. The Hall–Kier alpha value is -3.13. The van der Waals surface area contributed by atoms with Gasteiger partial charge < -0.3 is 5.32 Å². The van der Waals surface area contributed by atoms with Gasteiger partial charge in [-0.2, -0.15) is 13.2 Å². The number of benzene rings is 3. The van der Waals surface area contributed by atoms with Crippen molar-refractivity contribution in [1.29, 1.82) is 0 Å². The predicted molar refractivity (Wildman–Crippen MR) is 155 cm³/mol. The molecule has 0 bridgehead atoms. The molecule has 1 aliphatic carbocycles. The molecule has 2 unspecified atom stereocenters. The fraction of sp³-hybridized carbons (Fsp3) is 0.276. The Kier molecular flexibility index (Phi) is 9.71. The number of amides is 1. The normalized spacial score (nSPS) is 17.6. The highest BCUT2D eigenvalue weighted by molar-refractivity contribution is 7.91. The summed E-state index contributed by atoms with van der Waals surface area (Å²) in [5.41, 5.74) is -2.92. The average molecular weight is 715 g/mol. The van der Waals surface area contributed by atoms with E-state index in [4.69, 9.17) is 34.8 Å². The number of anilines is 1. The number of halogens is 9. The van der Waals surface area contributed by atoms with Crippen LogP contribution in [0.25, 0.3) is 0 Å². The molecule has 0 spiro atoms. The number of ketones is 2. The molecular weight excluding hydrogens is 695 g/mol. The summed E-state index contributed by atoms with van der Waals surface area (Å²) in [5.74, 6) is -9.75. The van der Waals surface area contributed by atoms with Crippen LogP contribution in [0, 0.1) is 23.4 Å². The molecule has 0 radical (unpaired) electrons. The Labute approximate surface area is 267 Å². The molecule has 45 heavy (non-hydrogen) atoms. The SMILES string of the molecule is CS(=O)(=O)CC(=O)Cc1c(F)ccc(CC(=O)c2cc(NC(=O)C3C(c4ccc(F)c(C(F)(F)F)c4)C3(Cl)Cl)ccc2Cl)c1F. The van der Waals surface area contributed by atoms with E-state index in [2.05, 4.69) is 5.32 Å². The summed E-state index contributed by atoms with van der Waals surface area (Å²) in [5, 5.41) is 2.34. The van der Waals surface area contributed by atoms with Crippen LogP contribution in [0.5, 0.6) is 0 Å². The third-order valence-corrected chi connectivity index (χ3v) is 9.06. The van der Waals surface area contributed by atoms with Gasteiger partial charge in [0.25, 0.3) is 0 Å². The summed E-state index contributed by atoms with van der Waals surface area (Å²) in [6.07, 6.45) is -5.75. The zero-order chi connectivity index (χ0) is 33.6. The highest BCUT2D eigenvalue weighted by Crippen LogP contribution is 2.65. The molecule has 3 aromatic rings. The van der Waals surface area contributed by atoms with Gasteiger partial charge in [0.15, 0.2) is 21.4 Å². The van der Waals surface area contributed by atoms with Gasteiger partial charge in [0, 0.05) is 41.8 Å². The predicted octanol–water partition coefficient (Wildman–Crippen LogP) is 6.88. The topological polar surface area (TPSA) is 97.4 Å². The Bertz CT molecular complexity index is 1830. The van der Waals surface area contributed by atoms with Crippen LogP contribution in [0.15, 0.2) is 48.5 Å². The number of nitrogens with one attached hydrogen (secondary N) is 1. The van der Waals surface area contributed by atoms with Gasteiger partial charge in [-0.25, -0.2) is 21.6 Å². The van der Waals surface area contributed by atoms with Crippen LogP contribution in [0.4, 0.5) is 32.0 Å². The van der Waals surface area contributed by atoms with Gasteiger partial charge >= 0.3 is 6.18 Å². The zero-order valence-electron chi connectivity index (χ0n) is 22.7. The monoisotopic (exact) mass is 713 g/mol. The lowest BCUT2D eigenvalue weighted by Gasteiger charge is -2.11. The molecule has 1 aliphatic rings. The molecule has 1 amide bonds.